The number of benzene rings is 1. The first-order valence-electron chi connectivity index (χ1n) is 4.23. The van der Waals surface area contributed by atoms with Crippen LogP contribution in [0.2, 0.25) is 0 Å². The van der Waals surface area contributed by atoms with Crippen LogP contribution in [0.5, 0.6) is 11.5 Å². The molecule has 0 aliphatic carbocycles. The molecule has 1 aromatic rings. The van der Waals surface area contributed by atoms with Crippen molar-refractivity contribution < 1.29 is 9.84 Å². The van der Waals surface area contributed by atoms with Gasteiger partial charge in [0.2, 0.25) is 0 Å². The summed E-state index contributed by atoms with van der Waals surface area (Å²) in [7, 11) is 3.46. The predicted octanol–water partition coefficient (Wildman–Crippen LogP) is 1.68. The van der Waals surface area contributed by atoms with Crippen molar-refractivity contribution in [2.24, 2.45) is 0 Å². The van der Waals surface area contributed by atoms with Crippen LogP contribution in [0.15, 0.2) is 18.2 Å². The molecule has 1 unspecified atom stereocenters. The minimum absolute atomic E-state index is 0.120. The van der Waals surface area contributed by atoms with Gasteiger partial charge in [0.05, 0.1) is 7.11 Å². The van der Waals surface area contributed by atoms with E-state index in [1.807, 2.05) is 20.0 Å². The Labute approximate surface area is 78.3 Å². The molecule has 1 atom stereocenters. The Bertz CT molecular complexity index is 286. The Balaban J connectivity index is 3.03. The Morgan fingerprint density at radius 1 is 1.46 bits per heavy atom. The number of phenols is 1. The second kappa shape index (κ2) is 4.14. The Morgan fingerprint density at radius 3 is 2.69 bits per heavy atom. The van der Waals surface area contributed by atoms with E-state index in [1.165, 1.54) is 0 Å². The fourth-order valence-electron chi connectivity index (χ4n) is 1.16. The molecule has 72 valence electrons. The monoisotopic (exact) mass is 181 g/mol. The van der Waals surface area contributed by atoms with Crippen LogP contribution in [0.4, 0.5) is 0 Å². The summed E-state index contributed by atoms with van der Waals surface area (Å²) in [5, 5.41) is 12.6. The molecular formula is C10H15NO2. The van der Waals surface area contributed by atoms with Crippen molar-refractivity contribution in [3.63, 3.8) is 0 Å². The van der Waals surface area contributed by atoms with Crippen molar-refractivity contribution in [1.29, 1.82) is 0 Å². The molecule has 1 rings (SSSR count). The lowest BCUT2D eigenvalue weighted by atomic mass is 10.1. The maximum Gasteiger partial charge on any atom is 0.120 e. The Kier molecular flexibility index (Phi) is 3.14. The molecule has 13 heavy (non-hydrogen) atoms. The van der Waals surface area contributed by atoms with E-state index in [0.29, 0.717) is 5.75 Å². The number of hydrogen-bond donors (Lipinski definition) is 2. The SMILES string of the molecule is CNC(C)c1cc(OC)ccc1O. The van der Waals surface area contributed by atoms with Gasteiger partial charge in [-0.2, -0.15) is 0 Å². The average Bonchev–Trinajstić information content (AvgIpc) is 2.17. The minimum atomic E-state index is 0.120. The van der Waals surface area contributed by atoms with Gasteiger partial charge in [0.25, 0.3) is 0 Å². The molecule has 0 fully saturated rings. The van der Waals surface area contributed by atoms with Crippen LogP contribution in [0.25, 0.3) is 0 Å². The van der Waals surface area contributed by atoms with Crippen LogP contribution >= 0.6 is 0 Å². The van der Waals surface area contributed by atoms with Gasteiger partial charge >= 0.3 is 0 Å². The van der Waals surface area contributed by atoms with Crippen molar-refractivity contribution in [3.8, 4) is 11.5 Å². The summed E-state index contributed by atoms with van der Waals surface area (Å²) in [6.07, 6.45) is 0. The van der Waals surface area contributed by atoms with E-state index >= 15 is 0 Å². The summed E-state index contributed by atoms with van der Waals surface area (Å²) in [4.78, 5) is 0. The van der Waals surface area contributed by atoms with Crippen molar-refractivity contribution in [3.05, 3.63) is 23.8 Å². The first-order valence-corrected chi connectivity index (χ1v) is 4.23. The smallest absolute Gasteiger partial charge is 0.120 e. The van der Waals surface area contributed by atoms with Crippen molar-refractivity contribution in [2.45, 2.75) is 13.0 Å². The molecule has 0 aliphatic rings. The van der Waals surface area contributed by atoms with E-state index < -0.39 is 0 Å². The van der Waals surface area contributed by atoms with Gasteiger partial charge in [0.1, 0.15) is 11.5 Å². The van der Waals surface area contributed by atoms with Crippen LogP contribution < -0.4 is 10.1 Å². The van der Waals surface area contributed by atoms with Crippen LogP contribution in [0, 0.1) is 0 Å². The van der Waals surface area contributed by atoms with Gasteiger partial charge in [-0.25, -0.2) is 0 Å². The molecule has 0 saturated carbocycles. The van der Waals surface area contributed by atoms with Crippen molar-refractivity contribution >= 4 is 0 Å². The van der Waals surface area contributed by atoms with Crippen LogP contribution in [0.1, 0.15) is 18.5 Å². The lowest BCUT2D eigenvalue weighted by molar-refractivity contribution is 0.408. The van der Waals surface area contributed by atoms with Gasteiger partial charge in [-0.1, -0.05) is 0 Å². The number of nitrogens with one attached hydrogen (secondary N) is 1. The molecule has 0 radical (unpaired) electrons. The highest BCUT2D eigenvalue weighted by atomic mass is 16.5. The van der Waals surface area contributed by atoms with Crippen LogP contribution in [0.3, 0.4) is 0 Å². The zero-order valence-electron chi connectivity index (χ0n) is 8.16. The molecule has 0 aliphatic heterocycles. The molecular weight excluding hydrogens is 166 g/mol. The average molecular weight is 181 g/mol. The molecule has 0 bridgehead atoms. The first-order chi connectivity index (χ1) is 6.19. The largest absolute Gasteiger partial charge is 0.508 e. The predicted molar refractivity (Wildman–Crippen MR) is 52.1 cm³/mol. The van der Waals surface area contributed by atoms with E-state index in [9.17, 15) is 5.11 Å². The summed E-state index contributed by atoms with van der Waals surface area (Å²) >= 11 is 0. The normalized spacial score (nSPS) is 12.5. The minimum Gasteiger partial charge on any atom is -0.508 e. The molecule has 0 heterocycles. The lowest BCUT2D eigenvalue weighted by Crippen LogP contribution is -2.12. The third-order valence-electron chi connectivity index (χ3n) is 2.13. The zero-order chi connectivity index (χ0) is 9.84. The van der Waals surface area contributed by atoms with Gasteiger partial charge in [-0.05, 0) is 32.2 Å². The highest BCUT2D eigenvalue weighted by Crippen LogP contribution is 2.27. The standard InChI is InChI=1S/C10H15NO2/c1-7(11-2)9-6-8(13-3)4-5-10(9)12/h4-7,11-12H,1-3H3. The first kappa shape index (κ1) is 9.86. The Hall–Kier alpha value is -1.22. The molecule has 1 aromatic carbocycles. The second-order valence-corrected chi connectivity index (χ2v) is 2.94. The molecule has 0 amide bonds. The topological polar surface area (TPSA) is 41.5 Å². The maximum atomic E-state index is 9.54. The van der Waals surface area contributed by atoms with E-state index in [2.05, 4.69) is 5.32 Å². The van der Waals surface area contributed by atoms with Gasteiger partial charge in [0, 0.05) is 11.6 Å². The molecule has 2 N–H and O–H groups in total. The lowest BCUT2D eigenvalue weighted by Gasteiger charge is -2.13. The summed E-state index contributed by atoms with van der Waals surface area (Å²) in [6.45, 7) is 1.98. The zero-order valence-corrected chi connectivity index (χ0v) is 8.16. The number of ether oxygens (including phenoxy) is 1. The fraction of sp³-hybridized carbons (Fsp3) is 0.400. The highest BCUT2D eigenvalue weighted by molar-refractivity contribution is 5.40. The summed E-state index contributed by atoms with van der Waals surface area (Å²) < 4.78 is 5.07. The Morgan fingerprint density at radius 2 is 2.15 bits per heavy atom. The molecule has 3 heteroatoms. The maximum absolute atomic E-state index is 9.54. The fourth-order valence-corrected chi connectivity index (χ4v) is 1.16. The summed E-state index contributed by atoms with van der Waals surface area (Å²) in [5.74, 6) is 1.05. The van der Waals surface area contributed by atoms with Crippen molar-refractivity contribution in [2.75, 3.05) is 14.2 Å². The molecule has 0 saturated heterocycles. The van der Waals surface area contributed by atoms with E-state index in [1.54, 1.807) is 19.2 Å². The molecule has 0 aromatic heterocycles. The van der Waals surface area contributed by atoms with E-state index in [4.69, 9.17) is 4.74 Å². The van der Waals surface area contributed by atoms with E-state index in [0.717, 1.165) is 11.3 Å². The summed E-state index contributed by atoms with van der Waals surface area (Å²) in [5.41, 5.74) is 0.849. The van der Waals surface area contributed by atoms with Crippen LogP contribution in [-0.4, -0.2) is 19.3 Å². The number of hydrogen-bond acceptors (Lipinski definition) is 3. The van der Waals surface area contributed by atoms with Gasteiger partial charge in [-0.15, -0.1) is 0 Å². The molecule has 3 nitrogen and oxygen atoms in total. The summed E-state index contributed by atoms with van der Waals surface area (Å²) in [6, 6.07) is 5.33. The van der Waals surface area contributed by atoms with Crippen LogP contribution in [-0.2, 0) is 0 Å². The number of phenolic OH excluding ortho intramolecular Hbond substituents is 1. The third-order valence-corrected chi connectivity index (χ3v) is 2.13. The number of aromatic hydroxyl groups is 1. The number of methoxy groups -OCH3 is 1. The van der Waals surface area contributed by atoms with Gasteiger partial charge in [0.15, 0.2) is 0 Å². The second-order valence-electron chi connectivity index (χ2n) is 2.94. The highest BCUT2D eigenvalue weighted by Gasteiger charge is 2.08. The van der Waals surface area contributed by atoms with Gasteiger partial charge < -0.3 is 15.2 Å². The third kappa shape index (κ3) is 2.12. The quantitative estimate of drug-likeness (QED) is 0.745. The van der Waals surface area contributed by atoms with Crippen molar-refractivity contribution in [1.82, 2.24) is 5.32 Å². The molecule has 0 spiro atoms. The van der Waals surface area contributed by atoms with E-state index in [-0.39, 0.29) is 6.04 Å². The van der Waals surface area contributed by atoms with Gasteiger partial charge in [-0.3, -0.25) is 0 Å². The number of rotatable bonds is 3.